The molecule has 0 radical (unpaired) electrons. The fraction of sp³-hybridized carbons (Fsp3) is 0.562. The normalized spacial score (nSPS) is 20.2. The first-order valence-corrected chi connectivity index (χ1v) is 7.43. The highest BCUT2D eigenvalue weighted by Gasteiger charge is 2.29. The van der Waals surface area contributed by atoms with Gasteiger partial charge in [0.25, 0.3) is 0 Å². The Balaban J connectivity index is 1.60. The van der Waals surface area contributed by atoms with Gasteiger partial charge in [0.05, 0.1) is 0 Å². The van der Waals surface area contributed by atoms with Crippen molar-refractivity contribution in [2.24, 2.45) is 5.92 Å². The van der Waals surface area contributed by atoms with Crippen molar-refractivity contribution in [1.82, 2.24) is 4.90 Å². The molecule has 1 aliphatic heterocycles. The Bertz CT molecular complexity index is 448. The number of hydrogen-bond acceptors (Lipinski definition) is 2. The van der Waals surface area contributed by atoms with Gasteiger partial charge in [0, 0.05) is 18.2 Å². The van der Waals surface area contributed by atoms with Gasteiger partial charge in [0.15, 0.2) is 0 Å². The fourth-order valence-corrected chi connectivity index (χ4v) is 2.71. The molecule has 2 fully saturated rings. The molecular formula is C16H22N2O. The van der Waals surface area contributed by atoms with E-state index < -0.39 is 0 Å². The fourth-order valence-electron chi connectivity index (χ4n) is 2.71. The van der Waals surface area contributed by atoms with Gasteiger partial charge in [-0.1, -0.05) is 18.6 Å². The number of anilines is 1. The molecule has 0 aromatic heterocycles. The molecule has 1 aromatic rings. The summed E-state index contributed by atoms with van der Waals surface area (Å²) in [6.45, 7) is 3.42. The Kier molecular flexibility index (Phi) is 3.83. The summed E-state index contributed by atoms with van der Waals surface area (Å²) in [7, 11) is 0. The smallest absolute Gasteiger partial charge is 0.227 e. The van der Waals surface area contributed by atoms with Crippen molar-refractivity contribution in [3.8, 4) is 0 Å². The van der Waals surface area contributed by atoms with Gasteiger partial charge in [-0.15, -0.1) is 0 Å². The van der Waals surface area contributed by atoms with Crippen molar-refractivity contribution >= 4 is 11.6 Å². The highest BCUT2D eigenvalue weighted by atomic mass is 16.2. The molecule has 1 amide bonds. The van der Waals surface area contributed by atoms with Crippen LogP contribution in [0, 0.1) is 5.92 Å². The lowest BCUT2D eigenvalue weighted by Crippen LogP contribution is -2.29. The first-order valence-electron chi connectivity index (χ1n) is 7.43. The molecule has 0 unspecified atom stereocenters. The molecule has 3 nitrogen and oxygen atoms in total. The van der Waals surface area contributed by atoms with E-state index in [9.17, 15) is 4.79 Å². The van der Waals surface area contributed by atoms with Crippen molar-refractivity contribution in [2.45, 2.75) is 38.6 Å². The number of rotatable bonds is 4. The monoisotopic (exact) mass is 258 g/mol. The van der Waals surface area contributed by atoms with Crippen LogP contribution in [0.4, 0.5) is 5.69 Å². The average Bonchev–Trinajstić information content (AvgIpc) is 3.24. The van der Waals surface area contributed by atoms with E-state index in [1.54, 1.807) is 0 Å². The summed E-state index contributed by atoms with van der Waals surface area (Å²) in [6.07, 6.45) is 6.11. The summed E-state index contributed by atoms with van der Waals surface area (Å²) in [4.78, 5) is 14.3. The SMILES string of the molecule is O=C(Nc1cccc(CN2CCCCC2)c1)C1CC1. The molecule has 0 spiro atoms. The van der Waals surface area contributed by atoms with Gasteiger partial charge < -0.3 is 5.32 Å². The van der Waals surface area contributed by atoms with E-state index >= 15 is 0 Å². The summed E-state index contributed by atoms with van der Waals surface area (Å²) in [6, 6.07) is 8.30. The highest BCUT2D eigenvalue weighted by molar-refractivity contribution is 5.94. The zero-order chi connectivity index (χ0) is 13.1. The summed E-state index contributed by atoms with van der Waals surface area (Å²) < 4.78 is 0. The minimum Gasteiger partial charge on any atom is -0.326 e. The van der Waals surface area contributed by atoms with Crippen LogP contribution in [-0.2, 0) is 11.3 Å². The number of piperidine rings is 1. The highest BCUT2D eigenvalue weighted by Crippen LogP contribution is 2.30. The Labute approximate surface area is 115 Å². The van der Waals surface area contributed by atoms with Crippen LogP contribution < -0.4 is 5.32 Å². The second kappa shape index (κ2) is 5.74. The van der Waals surface area contributed by atoms with E-state index in [4.69, 9.17) is 0 Å². The summed E-state index contributed by atoms with van der Waals surface area (Å²) in [5, 5.41) is 3.02. The number of carbonyl (C=O) groups is 1. The molecule has 1 N–H and O–H groups in total. The van der Waals surface area contributed by atoms with E-state index in [1.165, 1.54) is 37.9 Å². The predicted molar refractivity (Wildman–Crippen MR) is 76.9 cm³/mol. The number of likely N-dealkylation sites (tertiary alicyclic amines) is 1. The molecule has 1 aromatic carbocycles. The Hall–Kier alpha value is -1.35. The topological polar surface area (TPSA) is 32.3 Å². The van der Waals surface area contributed by atoms with Crippen LogP contribution in [0.2, 0.25) is 0 Å². The minimum atomic E-state index is 0.190. The van der Waals surface area contributed by atoms with Crippen LogP contribution in [-0.4, -0.2) is 23.9 Å². The lowest BCUT2D eigenvalue weighted by molar-refractivity contribution is -0.117. The number of amides is 1. The van der Waals surface area contributed by atoms with Crippen molar-refractivity contribution in [2.75, 3.05) is 18.4 Å². The van der Waals surface area contributed by atoms with Gasteiger partial charge >= 0.3 is 0 Å². The van der Waals surface area contributed by atoms with Crippen LogP contribution in [0.15, 0.2) is 24.3 Å². The second-order valence-corrected chi connectivity index (χ2v) is 5.80. The van der Waals surface area contributed by atoms with E-state index in [-0.39, 0.29) is 11.8 Å². The maximum atomic E-state index is 11.8. The largest absolute Gasteiger partial charge is 0.326 e. The van der Waals surface area contributed by atoms with Gasteiger partial charge in [0.2, 0.25) is 5.91 Å². The van der Waals surface area contributed by atoms with Gasteiger partial charge in [-0.05, 0) is 56.5 Å². The quantitative estimate of drug-likeness (QED) is 0.900. The van der Waals surface area contributed by atoms with Gasteiger partial charge in [-0.25, -0.2) is 0 Å². The van der Waals surface area contributed by atoms with E-state index in [0.29, 0.717) is 0 Å². The van der Waals surface area contributed by atoms with Gasteiger partial charge in [0.1, 0.15) is 0 Å². The molecule has 3 heteroatoms. The van der Waals surface area contributed by atoms with Gasteiger partial charge in [-0.2, -0.15) is 0 Å². The number of benzene rings is 1. The molecule has 1 aliphatic carbocycles. The summed E-state index contributed by atoms with van der Waals surface area (Å²) in [5.74, 6) is 0.459. The summed E-state index contributed by atoms with van der Waals surface area (Å²) in [5.41, 5.74) is 2.25. The minimum absolute atomic E-state index is 0.190. The number of nitrogens with one attached hydrogen (secondary N) is 1. The van der Waals surface area contributed by atoms with Crippen molar-refractivity contribution in [3.05, 3.63) is 29.8 Å². The zero-order valence-electron chi connectivity index (χ0n) is 11.4. The molecule has 102 valence electrons. The zero-order valence-corrected chi connectivity index (χ0v) is 11.4. The second-order valence-electron chi connectivity index (χ2n) is 5.80. The van der Waals surface area contributed by atoms with Crippen LogP contribution >= 0.6 is 0 Å². The van der Waals surface area contributed by atoms with Crippen LogP contribution in [0.5, 0.6) is 0 Å². The number of carbonyl (C=O) groups excluding carboxylic acids is 1. The Morgan fingerprint density at radius 2 is 2.00 bits per heavy atom. The average molecular weight is 258 g/mol. The van der Waals surface area contributed by atoms with E-state index in [1.807, 2.05) is 12.1 Å². The van der Waals surface area contributed by atoms with Crippen molar-refractivity contribution in [3.63, 3.8) is 0 Å². The molecule has 1 heterocycles. The number of nitrogens with zero attached hydrogens (tertiary/aromatic N) is 1. The van der Waals surface area contributed by atoms with Crippen LogP contribution in [0.3, 0.4) is 0 Å². The standard InChI is InChI=1S/C16H22N2O/c19-16(14-7-8-14)17-15-6-4-5-13(11-15)12-18-9-2-1-3-10-18/h4-6,11,14H,1-3,7-10,12H2,(H,17,19). The lowest BCUT2D eigenvalue weighted by atomic mass is 10.1. The molecule has 2 aliphatic rings. The predicted octanol–water partition coefficient (Wildman–Crippen LogP) is 3.02. The molecule has 0 bridgehead atoms. The number of hydrogen-bond donors (Lipinski definition) is 1. The van der Waals surface area contributed by atoms with Crippen LogP contribution in [0.1, 0.15) is 37.7 Å². The third kappa shape index (κ3) is 3.57. The van der Waals surface area contributed by atoms with Crippen molar-refractivity contribution < 1.29 is 4.79 Å². The molecular weight excluding hydrogens is 236 g/mol. The molecule has 1 saturated carbocycles. The maximum absolute atomic E-state index is 11.8. The van der Waals surface area contributed by atoms with E-state index in [0.717, 1.165) is 25.1 Å². The molecule has 3 rings (SSSR count). The Morgan fingerprint density at radius 3 is 2.74 bits per heavy atom. The van der Waals surface area contributed by atoms with Crippen molar-refractivity contribution in [1.29, 1.82) is 0 Å². The lowest BCUT2D eigenvalue weighted by Gasteiger charge is -2.26. The maximum Gasteiger partial charge on any atom is 0.227 e. The van der Waals surface area contributed by atoms with Gasteiger partial charge in [-0.3, -0.25) is 9.69 Å². The molecule has 0 atom stereocenters. The third-order valence-electron chi connectivity index (χ3n) is 4.00. The molecule has 1 saturated heterocycles. The van der Waals surface area contributed by atoms with E-state index in [2.05, 4.69) is 22.3 Å². The summed E-state index contributed by atoms with van der Waals surface area (Å²) >= 11 is 0. The van der Waals surface area contributed by atoms with Crippen LogP contribution in [0.25, 0.3) is 0 Å². The Morgan fingerprint density at radius 1 is 1.21 bits per heavy atom. The first-order chi connectivity index (χ1) is 9.31. The third-order valence-corrected chi connectivity index (χ3v) is 4.00. The molecule has 19 heavy (non-hydrogen) atoms. The first kappa shape index (κ1) is 12.7.